The van der Waals surface area contributed by atoms with Crippen LogP contribution in [-0.4, -0.2) is 30.8 Å². The van der Waals surface area contributed by atoms with Crippen molar-refractivity contribution in [3.05, 3.63) is 34.9 Å². The van der Waals surface area contributed by atoms with Crippen LogP contribution in [0, 0.1) is 11.8 Å². The zero-order valence-electron chi connectivity index (χ0n) is 15.4. The van der Waals surface area contributed by atoms with Gasteiger partial charge in [0.2, 0.25) is 0 Å². The maximum atomic E-state index is 12.2. The first-order valence-electron chi connectivity index (χ1n) is 8.96. The summed E-state index contributed by atoms with van der Waals surface area (Å²) in [4.78, 5) is 24.0. The summed E-state index contributed by atoms with van der Waals surface area (Å²) in [6.45, 7) is 5.62. The summed E-state index contributed by atoms with van der Waals surface area (Å²) in [6.07, 6.45) is 3.66. The molecule has 0 spiro atoms. The number of ether oxygens (including phenoxy) is 2. The van der Waals surface area contributed by atoms with E-state index in [2.05, 4.69) is 5.32 Å². The number of esters is 1. The molecule has 2 aliphatic rings. The number of alkyl carbamates (subject to hydrolysis) is 1. The van der Waals surface area contributed by atoms with Crippen LogP contribution in [0.1, 0.15) is 55.1 Å². The molecular formula is C20H27NO4. The second-order valence-electron chi connectivity index (χ2n) is 8.15. The molecule has 1 aromatic carbocycles. The van der Waals surface area contributed by atoms with Crippen molar-refractivity contribution < 1.29 is 19.1 Å². The number of nitrogens with one attached hydrogen (secondary N) is 1. The van der Waals surface area contributed by atoms with Gasteiger partial charge in [-0.1, -0.05) is 6.07 Å². The summed E-state index contributed by atoms with van der Waals surface area (Å²) < 4.78 is 10.3. The lowest BCUT2D eigenvalue weighted by Crippen LogP contribution is -2.44. The van der Waals surface area contributed by atoms with Crippen molar-refractivity contribution in [2.24, 2.45) is 11.8 Å². The summed E-state index contributed by atoms with van der Waals surface area (Å²) in [5, 5.41) is 3.11. The lowest BCUT2D eigenvalue weighted by molar-refractivity contribution is 0.0478. The number of amides is 1. The minimum Gasteiger partial charge on any atom is -0.465 e. The third-order valence-corrected chi connectivity index (χ3v) is 5.20. The van der Waals surface area contributed by atoms with E-state index in [0.29, 0.717) is 17.4 Å². The first-order chi connectivity index (χ1) is 11.8. The molecule has 0 aliphatic heterocycles. The highest BCUT2D eigenvalue weighted by molar-refractivity contribution is 5.89. The number of benzene rings is 1. The highest BCUT2D eigenvalue weighted by Gasteiger charge is 2.40. The number of hydrogen-bond donors (Lipinski definition) is 1. The van der Waals surface area contributed by atoms with Gasteiger partial charge in [-0.15, -0.1) is 0 Å². The first-order valence-corrected chi connectivity index (χ1v) is 8.96. The Kier molecular flexibility index (Phi) is 4.76. The molecule has 25 heavy (non-hydrogen) atoms. The molecular weight excluding hydrogens is 318 g/mol. The summed E-state index contributed by atoms with van der Waals surface area (Å²) in [7, 11) is 1.40. The topological polar surface area (TPSA) is 64.6 Å². The van der Waals surface area contributed by atoms with E-state index in [1.54, 1.807) is 0 Å². The average molecular weight is 345 g/mol. The van der Waals surface area contributed by atoms with Crippen LogP contribution in [0.3, 0.4) is 0 Å². The molecule has 136 valence electrons. The van der Waals surface area contributed by atoms with Crippen molar-refractivity contribution in [1.29, 1.82) is 0 Å². The molecule has 2 bridgehead atoms. The maximum absolute atomic E-state index is 12.2. The van der Waals surface area contributed by atoms with Gasteiger partial charge in [0.15, 0.2) is 0 Å². The van der Waals surface area contributed by atoms with E-state index < -0.39 is 5.60 Å². The Morgan fingerprint density at radius 3 is 2.32 bits per heavy atom. The normalized spacial score (nSPS) is 24.9. The quantitative estimate of drug-likeness (QED) is 0.833. The van der Waals surface area contributed by atoms with Gasteiger partial charge in [0.25, 0.3) is 0 Å². The van der Waals surface area contributed by atoms with Gasteiger partial charge in [-0.25, -0.2) is 9.59 Å². The molecule has 1 N–H and O–H groups in total. The average Bonchev–Trinajstić information content (AvgIpc) is 2.79. The molecule has 1 fully saturated rings. The molecule has 0 heterocycles. The SMILES string of the molecule is COC(=O)c1ccc2c(c1)CC1CCC(C2)C1NC(=O)OC(C)(C)C. The van der Waals surface area contributed by atoms with Gasteiger partial charge < -0.3 is 14.8 Å². The highest BCUT2D eigenvalue weighted by Crippen LogP contribution is 2.40. The Morgan fingerprint density at radius 1 is 1.08 bits per heavy atom. The Morgan fingerprint density at radius 2 is 1.72 bits per heavy atom. The zero-order valence-corrected chi connectivity index (χ0v) is 15.4. The monoisotopic (exact) mass is 345 g/mol. The van der Waals surface area contributed by atoms with Crippen LogP contribution < -0.4 is 5.32 Å². The zero-order chi connectivity index (χ0) is 18.2. The van der Waals surface area contributed by atoms with Gasteiger partial charge in [-0.2, -0.15) is 0 Å². The smallest absolute Gasteiger partial charge is 0.407 e. The fourth-order valence-corrected chi connectivity index (χ4v) is 4.13. The van der Waals surface area contributed by atoms with Crippen molar-refractivity contribution in [3.63, 3.8) is 0 Å². The number of methoxy groups -OCH3 is 1. The third-order valence-electron chi connectivity index (χ3n) is 5.20. The van der Waals surface area contributed by atoms with Crippen LogP contribution in [-0.2, 0) is 22.3 Å². The Bertz CT molecular complexity index is 677. The van der Waals surface area contributed by atoms with Crippen molar-refractivity contribution in [1.82, 2.24) is 5.32 Å². The van der Waals surface area contributed by atoms with Crippen LogP contribution in [0.25, 0.3) is 0 Å². The molecule has 3 rings (SSSR count). The molecule has 3 unspecified atom stereocenters. The second-order valence-corrected chi connectivity index (χ2v) is 8.15. The molecule has 3 atom stereocenters. The van der Waals surface area contributed by atoms with E-state index >= 15 is 0 Å². The minimum absolute atomic E-state index is 0.129. The molecule has 5 heteroatoms. The Labute approximate surface area is 149 Å². The molecule has 1 amide bonds. The lowest BCUT2D eigenvalue weighted by Gasteiger charge is -2.26. The van der Waals surface area contributed by atoms with E-state index in [9.17, 15) is 9.59 Å². The summed E-state index contributed by atoms with van der Waals surface area (Å²) in [5.41, 5.74) is 2.57. The van der Waals surface area contributed by atoms with E-state index in [-0.39, 0.29) is 18.1 Å². The van der Waals surface area contributed by atoms with Crippen LogP contribution >= 0.6 is 0 Å². The lowest BCUT2D eigenvalue weighted by atomic mass is 9.92. The fourth-order valence-electron chi connectivity index (χ4n) is 4.13. The standard InChI is InChI=1S/C20H27NO4/c1-20(2,3)25-19(23)21-17-13-6-7-14(17)10-16-11-15(18(22)24-4)8-5-12(16)9-13/h5,8,11,13-14,17H,6-7,9-10H2,1-4H3,(H,21,23). The maximum Gasteiger partial charge on any atom is 0.407 e. The number of rotatable bonds is 2. The molecule has 1 saturated carbocycles. The van der Waals surface area contributed by atoms with E-state index in [1.165, 1.54) is 18.2 Å². The van der Waals surface area contributed by atoms with Gasteiger partial charge in [0, 0.05) is 6.04 Å². The Hall–Kier alpha value is -2.04. The summed E-state index contributed by atoms with van der Waals surface area (Å²) in [5.74, 6) is 0.495. The predicted octanol–water partition coefficient (Wildman–Crippen LogP) is 3.49. The van der Waals surface area contributed by atoms with E-state index in [4.69, 9.17) is 9.47 Å². The third kappa shape index (κ3) is 3.97. The minimum atomic E-state index is -0.494. The van der Waals surface area contributed by atoms with Gasteiger partial charge >= 0.3 is 12.1 Å². The van der Waals surface area contributed by atoms with Gasteiger partial charge in [-0.3, -0.25) is 0 Å². The number of carbonyl (C=O) groups is 2. The number of fused-ring (bicyclic) bond motifs is 3. The molecule has 0 radical (unpaired) electrons. The van der Waals surface area contributed by atoms with Crippen LogP contribution in [0.2, 0.25) is 0 Å². The number of carbonyl (C=O) groups excluding carboxylic acids is 2. The molecule has 2 aliphatic carbocycles. The fraction of sp³-hybridized carbons (Fsp3) is 0.600. The number of hydrogen-bond acceptors (Lipinski definition) is 4. The summed E-state index contributed by atoms with van der Waals surface area (Å²) in [6, 6.07) is 5.95. The van der Waals surface area contributed by atoms with Crippen LogP contribution in [0.15, 0.2) is 18.2 Å². The van der Waals surface area contributed by atoms with E-state index in [1.807, 2.05) is 39.0 Å². The molecule has 0 saturated heterocycles. The van der Waals surface area contributed by atoms with Crippen molar-refractivity contribution >= 4 is 12.1 Å². The van der Waals surface area contributed by atoms with Gasteiger partial charge in [-0.05, 0) is 81.5 Å². The van der Waals surface area contributed by atoms with E-state index in [0.717, 1.165) is 25.7 Å². The Balaban J connectivity index is 1.77. The van der Waals surface area contributed by atoms with Gasteiger partial charge in [0.1, 0.15) is 5.60 Å². The van der Waals surface area contributed by atoms with Gasteiger partial charge in [0.05, 0.1) is 12.7 Å². The van der Waals surface area contributed by atoms with Crippen molar-refractivity contribution in [2.45, 2.75) is 58.1 Å². The van der Waals surface area contributed by atoms with Crippen molar-refractivity contribution in [3.8, 4) is 0 Å². The largest absolute Gasteiger partial charge is 0.465 e. The van der Waals surface area contributed by atoms with Crippen LogP contribution in [0.5, 0.6) is 0 Å². The highest BCUT2D eigenvalue weighted by atomic mass is 16.6. The predicted molar refractivity (Wildman–Crippen MR) is 94.6 cm³/mol. The van der Waals surface area contributed by atoms with Crippen LogP contribution in [0.4, 0.5) is 4.79 Å². The first kappa shape index (κ1) is 17.8. The summed E-state index contributed by atoms with van der Waals surface area (Å²) >= 11 is 0. The molecule has 1 aromatic rings. The molecule has 0 aromatic heterocycles. The van der Waals surface area contributed by atoms with Crippen molar-refractivity contribution in [2.75, 3.05) is 7.11 Å². The molecule has 5 nitrogen and oxygen atoms in total. The second kappa shape index (κ2) is 6.70.